The normalized spacial score (nSPS) is 10.9. The molecule has 3 heteroatoms. The van der Waals surface area contributed by atoms with E-state index in [1.54, 1.807) is 6.07 Å². The number of nitriles is 2. The van der Waals surface area contributed by atoms with Gasteiger partial charge in [-0.1, -0.05) is 109 Å². The number of nitrogens with zero attached hydrogens (tertiary/aromatic N) is 2. The van der Waals surface area contributed by atoms with E-state index in [1.807, 2.05) is 91.0 Å². The molecule has 7 aromatic rings. The number of benzene rings is 6. The fraction of sp³-hybridized carbons (Fsp3) is 0. The molecule has 0 aliphatic heterocycles. The molecule has 0 saturated carbocycles. The van der Waals surface area contributed by atoms with Gasteiger partial charge in [-0.2, -0.15) is 10.5 Å². The van der Waals surface area contributed by atoms with Crippen LogP contribution in [0.5, 0.6) is 0 Å². The highest BCUT2D eigenvalue weighted by molar-refractivity contribution is 6.13. The molecular formula is C38H22N2O. The largest absolute Gasteiger partial charge is 0.455 e. The van der Waals surface area contributed by atoms with Gasteiger partial charge in [0, 0.05) is 33.0 Å². The Balaban J connectivity index is 1.51. The summed E-state index contributed by atoms with van der Waals surface area (Å²) in [6.45, 7) is 0. The van der Waals surface area contributed by atoms with Crippen molar-refractivity contribution in [1.82, 2.24) is 0 Å². The van der Waals surface area contributed by atoms with E-state index in [9.17, 15) is 10.5 Å². The maximum atomic E-state index is 10.3. The molecule has 0 N–H and O–H groups in total. The van der Waals surface area contributed by atoms with Crippen molar-refractivity contribution in [3.05, 3.63) is 145 Å². The van der Waals surface area contributed by atoms with Crippen LogP contribution in [0.1, 0.15) is 11.1 Å². The van der Waals surface area contributed by atoms with Gasteiger partial charge in [-0.25, -0.2) is 0 Å². The van der Waals surface area contributed by atoms with Crippen LogP contribution in [0, 0.1) is 22.7 Å². The Morgan fingerprint density at radius 1 is 0.415 bits per heavy atom. The number of para-hydroxylation sites is 2. The Morgan fingerprint density at radius 3 is 1.46 bits per heavy atom. The van der Waals surface area contributed by atoms with Gasteiger partial charge in [0.2, 0.25) is 0 Å². The molecule has 0 fully saturated rings. The topological polar surface area (TPSA) is 60.7 Å². The lowest BCUT2D eigenvalue weighted by Crippen LogP contribution is -1.93. The lowest BCUT2D eigenvalue weighted by atomic mass is 9.88. The first-order valence-electron chi connectivity index (χ1n) is 13.4. The van der Waals surface area contributed by atoms with E-state index in [1.165, 1.54) is 0 Å². The highest BCUT2D eigenvalue weighted by atomic mass is 16.3. The Hall–Kier alpha value is -5.90. The van der Waals surface area contributed by atoms with Gasteiger partial charge in [0.25, 0.3) is 0 Å². The van der Waals surface area contributed by atoms with Crippen molar-refractivity contribution in [2.24, 2.45) is 0 Å². The Bertz CT molecular complexity index is 2100. The van der Waals surface area contributed by atoms with Crippen LogP contribution >= 0.6 is 0 Å². The monoisotopic (exact) mass is 522 g/mol. The molecule has 0 radical (unpaired) electrons. The average Bonchev–Trinajstić information content (AvgIpc) is 3.44. The van der Waals surface area contributed by atoms with Gasteiger partial charge in [-0.15, -0.1) is 0 Å². The van der Waals surface area contributed by atoms with E-state index in [0.717, 1.165) is 66.4 Å². The molecule has 0 amide bonds. The summed E-state index contributed by atoms with van der Waals surface area (Å²) in [5.41, 5.74) is 10.4. The molecular weight excluding hydrogens is 500 g/mol. The zero-order chi connectivity index (χ0) is 27.8. The maximum Gasteiger partial charge on any atom is 0.143 e. The third-order valence-electron chi connectivity index (χ3n) is 7.56. The summed E-state index contributed by atoms with van der Waals surface area (Å²) in [6, 6.07) is 49.0. The van der Waals surface area contributed by atoms with E-state index in [0.29, 0.717) is 11.1 Å². The average molecular weight is 523 g/mol. The Morgan fingerprint density at radius 2 is 0.927 bits per heavy atom. The summed E-state index contributed by atoms with van der Waals surface area (Å²) in [5.74, 6) is 0. The molecule has 1 aromatic heterocycles. The first kappa shape index (κ1) is 24.2. The second-order valence-electron chi connectivity index (χ2n) is 9.95. The predicted octanol–water partition coefficient (Wildman–Crippen LogP) is 10.00. The number of fused-ring (bicyclic) bond motifs is 3. The zero-order valence-electron chi connectivity index (χ0n) is 22.0. The lowest BCUT2D eigenvalue weighted by Gasteiger charge is -2.14. The van der Waals surface area contributed by atoms with Crippen LogP contribution < -0.4 is 0 Å². The third-order valence-corrected chi connectivity index (χ3v) is 7.56. The Labute approximate surface area is 237 Å². The van der Waals surface area contributed by atoms with Gasteiger partial charge in [-0.05, 0) is 46.5 Å². The molecule has 3 nitrogen and oxygen atoms in total. The fourth-order valence-electron chi connectivity index (χ4n) is 5.64. The molecule has 0 bridgehead atoms. The first-order valence-corrected chi connectivity index (χ1v) is 13.4. The molecule has 0 atom stereocenters. The highest BCUT2D eigenvalue weighted by Gasteiger charge is 2.19. The second kappa shape index (κ2) is 10.0. The second-order valence-corrected chi connectivity index (χ2v) is 9.95. The minimum absolute atomic E-state index is 0.607. The smallest absolute Gasteiger partial charge is 0.143 e. The van der Waals surface area contributed by atoms with Crippen molar-refractivity contribution in [1.29, 1.82) is 10.5 Å². The summed E-state index contributed by atoms with van der Waals surface area (Å²) >= 11 is 0. The van der Waals surface area contributed by atoms with Crippen LogP contribution in [0.25, 0.3) is 66.4 Å². The van der Waals surface area contributed by atoms with Gasteiger partial charge in [0.15, 0.2) is 0 Å². The van der Waals surface area contributed by atoms with Crippen molar-refractivity contribution >= 4 is 21.9 Å². The third kappa shape index (κ3) is 4.14. The quantitative estimate of drug-likeness (QED) is 0.231. The lowest BCUT2D eigenvalue weighted by molar-refractivity contribution is 0.671. The van der Waals surface area contributed by atoms with Crippen LogP contribution in [0.3, 0.4) is 0 Å². The van der Waals surface area contributed by atoms with Gasteiger partial charge in [0.1, 0.15) is 17.2 Å². The standard InChI is InChI=1S/C38H22N2O/c39-23-25-10-7-15-28(20-25)30-16-8-18-32-33-19-9-17-31(38(33)41-37(30)32)29-21-34(26-11-3-1-4-12-26)36(24-40)35(22-29)27-13-5-2-6-14-27/h1-22H. The van der Waals surface area contributed by atoms with Crippen molar-refractivity contribution in [3.63, 3.8) is 0 Å². The predicted molar refractivity (Wildman–Crippen MR) is 165 cm³/mol. The molecule has 1 heterocycles. The molecule has 0 spiro atoms. The van der Waals surface area contributed by atoms with Gasteiger partial charge in [0.05, 0.1) is 17.2 Å². The SMILES string of the molecule is N#Cc1cccc(-c2cccc3c2oc2c(-c4cc(-c5ccccc5)c(C#N)c(-c5ccccc5)c4)cccc23)c1. The molecule has 0 aliphatic rings. The molecule has 7 rings (SSSR count). The zero-order valence-corrected chi connectivity index (χ0v) is 22.0. The van der Waals surface area contributed by atoms with Crippen molar-refractivity contribution in [2.45, 2.75) is 0 Å². The van der Waals surface area contributed by atoms with Crippen LogP contribution in [0.2, 0.25) is 0 Å². The molecule has 0 saturated heterocycles. The number of hydrogen-bond donors (Lipinski definition) is 0. The van der Waals surface area contributed by atoms with E-state index in [4.69, 9.17) is 4.42 Å². The van der Waals surface area contributed by atoms with E-state index in [-0.39, 0.29) is 0 Å². The molecule has 6 aromatic carbocycles. The minimum atomic E-state index is 0.607. The van der Waals surface area contributed by atoms with Crippen molar-refractivity contribution in [2.75, 3.05) is 0 Å². The summed E-state index contributed by atoms with van der Waals surface area (Å²) < 4.78 is 6.70. The number of rotatable bonds is 4. The van der Waals surface area contributed by atoms with Gasteiger partial charge >= 0.3 is 0 Å². The van der Waals surface area contributed by atoms with Crippen molar-refractivity contribution < 1.29 is 4.42 Å². The minimum Gasteiger partial charge on any atom is -0.455 e. The fourth-order valence-corrected chi connectivity index (χ4v) is 5.64. The molecule has 41 heavy (non-hydrogen) atoms. The van der Waals surface area contributed by atoms with Crippen molar-refractivity contribution in [3.8, 4) is 56.6 Å². The van der Waals surface area contributed by atoms with Crippen LogP contribution in [-0.4, -0.2) is 0 Å². The molecule has 190 valence electrons. The number of hydrogen-bond acceptors (Lipinski definition) is 3. The van der Waals surface area contributed by atoms with Crippen LogP contribution in [0.4, 0.5) is 0 Å². The molecule has 0 aliphatic carbocycles. The van der Waals surface area contributed by atoms with E-state index in [2.05, 4.69) is 48.5 Å². The van der Waals surface area contributed by atoms with E-state index < -0.39 is 0 Å². The summed E-state index contributed by atoms with van der Waals surface area (Å²) in [6.07, 6.45) is 0. The van der Waals surface area contributed by atoms with Gasteiger partial charge < -0.3 is 4.42 Å². The summed E-state index contributed by atoms with van der Waals surface area (Å²) in [5, 5.41) is 21.8. The van der Waals surface area contributed by atoms with E-state index >= 15 is 0 Å². The summed E-state index contributed by atoms with van der Waals surface area (Å²) in [4.78, 5) is 0. The van der Waals surface area contributed by atoms with Crippen LogP contribution in [0.15, 0.2) is 138 Å². The Kier molecular flexibility index (Phi) is 5.90. The van der Waals surface area contributed by atoms with Gasteiger partial charge in [-0.3, -0.25) is 0 Å². The maximum absolute atomic E-state index is 10.3. The first-order chi connectivity index (χ1) is 20.2. The summed E-state index contributed by atoms with van der Waals surface area (Å²) in [7, 11) is 0. The number of furan rings is 1. The molecule has 0 unspecified atom stereocenters. The highest BCUT2D eigenvalue weighted by Crippen LogP contribution is 2.42. The van der Waals surface area contributed by atoms with Crippen LogP contribution in [-0.2, 0) is 0 Å².